The quantitative estimate of drug-likeness (QED) is 0.915. The Bertz CT molecular complexity index is 648. The van der Waals surface area contributed by atoms with E-state index >= 15 is 0 Å². The molecule has 0 radical (unpaired) electrons. The van der Waals surface area contributed by atoms with Gasteiger partial charge < -0.3 is 10.1 Å². The van der Waals surface area contributed by atoms with Crippen molar-refractivity contribution in [3.8, 4) is 11.4 Å². The summed E-state index contributed by atoms with van der Waals surface area (Å²) in [5, 5.41) is 9.76. The summed E-state index contributed by atoms with van der Waals surface area (Å²) < 4.78 is 0. The van der Waals surface area contributed by atoms with Crippen LogP contribution in [0.25, 0.3) is 11.4 Å². The highest BCUT2D eigenvalue weighted by Crippen LogP contribution is 2.31. The molecule has 4 nitrogen and oxygen atoms in total. The van der Waals surface area contributed by atoms with E-state index in [1.165, 1.54) is 0 Å². The summed E-state index contributed by atoms with van der Waals surface area (Å²) in [6.07, 6.45) is 0.269. The number of nitrogens with zero attached hydrogens (tertiary/aromatic N) is 1. The minimum atomic E-state index is -0.285. The molecule has 1 aromatic heterocycles. The lowest BCUT2D eigenvalue weighted by Gasteiger charge is -2.09. The van der Waals surface area contributed by atoms with E-state index in [1.54, 1.807) is 25.1 Å². The van der Waals surface area contributed by atoms with Crippen molar-refractivity contribution < 1.29 is 5.11 Å². The van der Waals surface area contributed by atoms with Crippen LogP contribution >= 0.6 is 23.2 Å². The fourth-order valence-corrected chi connectivity index (χ4v) is 2.44. The first kappa shape index (κ1) is 14.1. The van der Waals surface area contributed by atoms with Crippen LogP contribution < -0.4 is 5.56 Å². The summed E-state index contributed by atoms with van der Waals surface area (Å²) in [4.78, 5) is 18.9. The van der Waals surface area contributed by atoms with Crippen molar-refractivity contribution in [1.29, 1.82) is 0 Å². The van der Waals surface area contributed by atoms with Gasteiger partial charge in [0.05, 0.1) is 15.6 Å². The molecule has 0 unspecified atom stereocenters. The molecule has 2 aromatic rings. The number of nitrogens with one attached hydrogen (secondary N) is 1. The molecule has 6 heteroatoms. The Labute approximate surface area is 120 Å². The predicted octanol–water partition coefficient (Wildman–Crippen LogP) is 2.59. The average molecular weight is 299 g/mol. The number of aliphatic hydroxyl groups is 1. The van der Waals surface area contributed by atoms with E-state index in [4.69, 9.17) is 28.3 Å². The minimum Gasteiger partial charge on any atom is -0.396 e. The van der Waals surface area contributed by atoms with E-state index in [0.717, 1.165) is 0 Å². The maximum Gasteiger partial charge on any atom is 0.254 e. The number of rotatable bonds is 3. The van der Waals surface area contributed by atoms with E-state index in [0.29, 0.717) is 32.7 Å². The molecule has 0 bridgehead atoms. The number of aromatic nitrogens is 2. The number of aliphatic hydroxyl groups excluding tert-OH is 1. The van der Waals surface area contributed by atoms with E-state index in [2.05, 4.69) is 9.97 Å². The zero-order chi connectivity index (χ0) is 14.0. The van der Waals surface area contributed by atoms with Gasteiger partial charge in [0, 0.05) is 24.3 Å². The maximum absolute atomic E-state index is 12.0. The summed E-state index contributed by atoms with van der Waals surface area (Å²) in [5.41, 5.74) is 1.24. The predicted molar refractivity (Wildman–Crippen MR) is 75.8 cm³/mol. The first-order valence-electron chi connectivity index (χ1n) is 5.69. The lowest BCUT2D eigenvalue weighted by Crippen LogP contribution is -2.18. The Morgan fingerprint density at radius 2 is 1.95 bits per heavy atom. The van der Waals surface area contributed by atoms with E-state index < -0.39 is 0 Å². The van der Waals surface area contributed by atoms with E-state index in [1.807, 2.05) is 0 Å². The molecule has 0 amide bonds. The molecule has 0 aliphatic carbocycles. The summed E-state index contributed by atoms with van der Waals surface area (Å²) >= 11 is 12.2. The molecule has 1 heterocycles. The topological polar surface area (TPSA) is 66.0 Å². The van der Waals surface area contributed by atoms with Crippen LogP contribution in [0.2, 0.25) is 10.0 Å². The van der Waals surface area contributed by atoms with Gasteiger partial charge in [0.25, 0.3) is 5.56 Å². The van der Waals surface area contributed by atoms with Gasteiger partial charge in [-0.25, -0.2) is 4.98 Å². The standard InChI is InChI=1S/C13H12Cl2N2O2/c1-7-8(5-6-18)13(19)17-12(16-7)11-9(14)3-2-4-10(11)15/h2-4,18H,5-6H2,1H3,(H,16,17,19). The monoisotopic (exact) mass is 298 g/mol. The molecular formula is C13H12Cl2N2O2. The molecule has 0 saturated carbocycles. The van der Waals surface area contributed by atoms with Crippen LogP contribution in [0.4, 0.5) is 0 Å². The highest BCUT2D eigenvalue weighted by molar-refractivity contribution is 6.38. The van der Waals surface area contributed by atoms with Crippen molar-refractivity contribution in [2.45, 2.75) is 13.3 Å². The van der Waals surface area contributed by atoms with Gasteiger partial charge in [-0.05, 0) is 19.1 Å². The normalized spacial score (nSPS) is 10.7. The lowest BCUT2D eigenvalue weighted by atomic mass is 10.1. The largest absolute Gasteiger partial charge is 0.396 e. The molecule has 0 aliphatic rings. The fourth-order valence-electron chi connectivity index (χ4n) is 1.86. The number of hydrogen-bond acceptors (Lipinski definition) is 3. The molecule has 2 N–H and O–H groups in total. The Morgan fingerprint density at radius 3 is 2.47 bits per heavy atom. The lowest BCUT2D eigenvalue weighted by molar-refractivity contribution is 0.298. The molecule has 1 aromatic carbocycles. The van der Waals surface area contributed by atoms with Crippen molar-refractivity contribution in [3.05, 3.63) is 49.9 Å². The molecule has 0 atom stereocenters. The van der Waals surface area contributed by atoms with Crippen LogP contribution in [-0.4, -0.2) is 21.7 Å². The average Bonchev–Trinajstić information content (AvgIpc) is 2.33. The summed E-state index contributed by atoms with van der Waals surface area (Å²) in [7, 11) is 0. The number of benzene rings is 1. The first-order valence-corrected chi connectivity index (χ1v) is 6.45. The van der Waals surface area contributed by atoms with Gasteiger partial charge >= 0.3 is 0 Å². The molecule has 0 fully saturated rings. The third-order valence-electron chi connectivity index (χ3n) is 2.78. The number of halogens is 2. The second kappa shape index (κ2) is 5.74. The Balaban J connectivity index is 2.62. The summed E-state index contributed by atoms with van der Waals surface area (Å²) in [6, 6.07) is 5.08. The van der Waals surface area contributed by atoms with Crippen molar-refractivity contribution in [3.63, 3.8) is 0 Å². The molecule has 19 heavy (non-hydrogen) atoms. The van der Waals surface area contributed by atoms with E-state index in [-0.39, 0.29) is 18.6 Å². The van der Waals surface area contributed by atoms with Gasteiger partial charge in [-0.3, -0.25) is 4.79 Å². The molecule has 100 valence electrons. The van der Waals surface area contributed by atoms with Gasteiger partial charge in [0.1, 0.15) is 5.82 Å². The number of H-pyrrole nitrogens is 1. The molecule has 2 rings (SSSR count). The van der Waals surface area contributed by atoms with Crippen molar-refractivity contribution in [2.75, 3.05) is 6.61 Å². The molecular weight excluding hydrogens is 287 g/mol. The summed E-state index contributed by atoms with van der Waals surface area (Å²) in [6.45, 7) is 1.62. The van der Waals surface area contributed by atoms with Gasteiger partial charge in [-0.2, -0.15) is 0 Å². The van der Waals surface area contributed by atoms with Crippen molar-refractivity contribution in [2.24, 2.45) is 0 Å². The fraction of sp³-hybridized carbons (Fsp3) is 0.231. The van der Waals surface area contributed by atoms with Crippen LogP contribution in [0.3, 0.4) is 0 Å². The zero-order valence-electron chi connectivity index (χ0n) is 10.2. The Kier molecular flexibility index (Phi) is 4.24. The van der Waals surface area contributed by atoms with Crippen LogP contribution in [0, 0.1) is 6.92 Å². The smallest absolute Gasteiger partial charge is 0.254 e. The summed E-state index contributed by atoms with van der Waals surface area (Å²) in [5.74, 6) is 0.333. The van der Waals surface area contributed by atoms with Crippen molar-refractivity contribution >= 4 is 23.2 Å². The van der Waals surface area contributed by atoms with Gasteiger partial charge in [-0.1, -0.05) is 29.3 Å². The van der Waals surface area contributed by atoms with Crippen molar-refractivity contribution in [1.82, 2.24) is 9.97 Å². The van der Waals surface area contributed by atoms with E-state index in [9.17, 15) is 4.79 Å². The second-order valence-corrected chi connectivity index (χ2v) is 4.86. The molecule has 0 spiro atoms. The Hall–Kier alpha value is -1.36. The first-order chi connectivity index (χ1) is 9.04. The molecule has 0 aliphatic heterocycles. The number of aromatic amines is 1. The van der Waals surface area contributed by atoms with Crippen LogP contribution in [0.1, 0.15) is 11.3 Å². The zero-order valence-corrected chi connectivity index (χ0v) is 11.7. The third kappa shape index (κ3) is 2.81. The minimum absolute atomic E-state index is 0.0994. The number of hydrogen-bond donors (Lipinski definition) is 2. The van der Waals surface area contributed by atoms with Gasteiger partial charge in [0.15, 0.2) is 0 Å². The maximum atomic E-state index is 12.0. The highest BCUT2D eigenvalue weighted by Gasteiger charge is 2.14. The second-order valence-electron chi connectivity index (χ2n) is 4.05. The van der Waals surface area contributed by atoms with Gasteiger partial charge in [0.2, 0.25) is 0 Å². The Morgan fingerprint density at radius 1 is 1.32 bits per heavy atom. The third-order valence-corrected chi connectivity index (χ3v) is 3.41. The van der Waals surface area contributed by atoms with Crippen LogP contribution in [-0.2, 0) is 6.42 Å². The SMILES string of the molecule is Cc1nc(-c2c(Cl)cccc2Cl)[nH]c(=O)c1CCO. The van der Waals surface area contributed by atoms with Crippen LogP contribution in [0.15, 0.2) is 23.0 Å². The van der Waals surface area contributed by atoms with Crippen LogP contribution in [0.5, 0.6) is 0 Å². The molecule has 0 saturated heterocycles. The highest BCUT2D eigenvalue weighted by atomic mass is 35.5. The van der Waals surface area contributed by atoms with Gasteiger partial charge in [-0.15, -0.1) is 0 Å². The number of aryl methyl sites for hydroxylation is 1.